The highest BCUT2D eigenvalue weighted by Gasteiger charge is 2.21. The molecule has 1 aromatic carbocycles. The van der Waals surface area contributed by atoms with E-state index < -0.39 is 6.10 Å². The number of hydrogen-bond donors (Lipinski definition) is 2. The first-order chi connectivity index (χ1) is 10.0. The molecule has 0 spiro atoms. The number of hydrogen-bond acceptors (Lipinski definition) is 3. The zero-order chi connectivity index (χ0) is 15.2. The Labute approximate surface area is 128 Å². The third-order valence-electron chi connectivity index (χ3n) is 4.36. The Morgan fingerprint density at radius 2 is 1.86 bits per heavy atom. The lowest BCUT2D eigenvalue weighted by atomic mass is 9.86. The maximum atomic E-state index is 10.1. The summed E-state index contributed by atoms with van der Waals surface area (Å²) < 4.78 is 5.71. The molecule has 0 aliphatic heterocycles. The molecule has 2 rings (SSSR count). The summed E-state index contributed by atoms with van der Waals surface area (Å²) in [6.45, 7) is 7.37. The summed E-state index contributed by atoms with van der Waals surface area (Å²) in [6, 6.07) is 6.69. The van der Waals surface area contributed by atoms with Crippen molar-refractivity contribution in [3.63, 3.8) is 0 Å². The van der Waals surface area contributed by atoms with Crippen LogP contribution in [0, 0.1) is 19.8 Å². The SMILES string of the molecule is Cc1cc(C)cc(OCC(O)CNC2CCCCC2C)c1. The smallest absolute Gasteiger partial charge is 0.119 e. The molecular formula is C18H29NO2. The topological polar surface area (TPSA) is 41.5 Å². The first-order valence-electron chi connectivity index (χ1n) is 8.17. The van der Waals surface area contributed by atoms with Crippen LogP contribution in [0.3, 0.4) is 0 Å². The third-order valence-corrected chi connectivity index (χ3v) is 4.36. The van der Waals surface area contributed by atoms with Crippen LogP contribution in [0.1, 0.15) is 43.7 Å². The highest BCUT2D eigenvalue weighted by Crippen LogP contribution is 2.23. The van der Waals surface area contributed by atoms with E-state index in [9.17, 15) is 5.11 Å². The van der Waals surface area contributed by atoms with Crippen LogP contribution in [-0.4, -0.2) is 30.4 Å². The minimum absolute atomic E-state index is 0.344. The molecule has 0 aromatic heterocycles. The zero-order valence-electron chi connectivity index (χ0n) is 13.6. The Bertz CT molecular complexity index is 427. The molecule has 3 atom stereocenters. The van der Waals surface area contributed by atoms with Gasteiger partial charge in [-0.3, -0.25) is 0 Å². The molecule has 2 N–H and O–H groups in total. The van der Waals surface area contributed by atoms with E-state index in [0.717, 1.165) is 5.75 Å². The second-order valence-electron chi connectivity index (χ2n) is 6.56. The Morgan fingerprint density at radius 1 is 1.19 bits per heavy atom. The van der Waals surface area contributed by atoms with Crippen LogP contribution in [0.25, 0.3) is 0 Å². The fourth-order valence-corrected chi connectivity index (χ4v) is 3.17. The predicted octanol–water partition coefficient (Wildman–Crippen LogP) is 3.21. The lowest BCUT2D eigenvalue weighted by Gasteiger charge is -2.30. The van der Waals surface area contributed by atoms with Crippen molar-refractivity contribution in [1.82, 2.24) is 5.32 Å². The maximum absolute atomic E-state index is 10.1. The average Bonchev–Trinajstić information content (AvgIpc) is 2.43. The van der Waals surface area contributed by atoms with Gasteiger partial charge in [-0.25, -0.2) is 0 Å². The summed E-state index contributed by atoms with van der Waals surface area (Å²) in [7, 11) is 0. The van der Waals surface area contributed by atoms with Crippen LogP contribution in [-0.2, 0) is 0 Å². The number of benzene rings is 1. The minimum Gasteiger partial charge on any atom is -0.491 e. The normalized spacial score (nSPS) is 23.8. The monoisotopic (exact) mass is 291 g/mol. The van der Waals surface area contributed by atoms with Gasteiger partial charge in [-0.2, -0.15) is 0 Å². The second-order valence-corrected chi connectivity index (χ2v) is 6.56. The van der Waals surface area contributed by atoms with Gasteiger partial charge in [0.15, 0.2) is 0 Å². The standard InChI is InChI=1S/C18H29NO2/c1-13-8-14(2)10-17(9-13)21-12-16(20)11-19-18-7-5-4-6-15(18)3/h8-10,15-16,18-20H,4-7,11-12H2,1-3H3. The highest BCUT2D eigenvalue weighted by molar-refractivity contribution is 5.32. The number of aryl methyl sites for hydroxylation is 2. The van der Waals surface area contributed by atoms with Crippen LogP contribution in [0.5, 0.6) is 5.75 Å². The third kappa shape index (κ3) is 5.33. The van der Waals surface area contributed by atoms with Crippen molar-refractivity contribution in [2.24, 2.45) is 5.92 Å². The molecular weight excluding hydrogens is 262 g/mol. The molecule has 3 unspecified atom stereocenters. The van der Waals surface area contributed by atoms with Crippen LogP contribution in [0.2, 0.25) is 0 Å². The van der Waals surface area contributed by atoms with Gasteiger partial charge in [0.05, 0.1) is 0 Å². The van der Waals surface area contributed by atoms with Crippen molar-refractivity contribution in [1.29, 1.82) is 0 Å². The summed E-state index contributed by atoms with van der Waals surface area (Å²) in [5.74, 6) is 1.56. The Morgan fingerprint density at radius 3 is 2.52 bits per heavy atom. The van der Waals surface area contributed by atoms with Gasteiger partial charge in [0.2, 0.25) is 0 Å². The summed E-state index contributed by atoms with van der Waals surface area (Å²) in [4.78, 5) is 0. The van der Waals surface area contributed by atoms with Gasteiger partial charge in [-0.05, 0) is 55.9 Å². The molecule has 3 heteroatoms. The number of nitrogens with one attached hydrogen (secondary N) is 1. The van der Waals surface area contributed by atoms with E-state index in [0.29, 0.717) is 25.1 Å². The van der Waals surface area contributed by atoms with Gasteiger partial charge in [0.1, 0.15) is 18.5 Å². The summed E-state index contributed by atoms with van der Waals surface area (Å²) in [5, 5.41) is 13.6. The Kier molecular flexibility index (Phi) is 6.07. The van der Waals surface area contributed by atoms with Gasteiger partial charge in [-0.15, -0.1) is 0 Å². The van der Waals surface area contributed by atoms with E-state index in [4.69, 9.17) is 4.74 Å². The van der Waals surface area contributed by atoms with Crippen molar-refractivity contribution in [2.75, 3.05) is 13.2 Å². The molecule has 3 nitrogen and oxygen atoms in total. The molecule has 21 heavy (non-hydrogen) atoms. The van der Waals surface area contributed by atoms with Crippen LogP contribution in [0.4, 0.5) is 0 Å². The van der Waals surface area contributed by atoms with Gasteiger partial charge in [0.25, 0.3) is 0 Å². The second kappa shape index (κ2) is 7.81. The van der Waals surface area contributed by atoms with Crippen molar-refractivity contribution >= 4 is 0 Å². The van der Waals surface area contributed by atoms with Crippen molar-refractivity contribution in [3.8, 4) is 5.75 Å². The summed E-state index contributed by atoms with van der Waals surface area (Å²) in [5.41, 5.74) is 2.38. The Hall–Kier alpha value is -1.06. The van der Waals surface area contributed by atoms with E-state index in [1.807, 2.05) is 12.1 Å². The van der Waals surface area contributed by atoms with Crippen LogP contribution < -0.4 is 10.1 Å². The first-order valence-corrected chi connectivity index (χ1v) is 8.17. The number of ether oxygens (including phenoxy) is 1. The molecule has 1 fully saturated rings. The molecule has 0 bridgehead atoms. The Balaban J connectivity index is 1.73. The number of rotatable bonds is 6. The van der Waals surface area contributed by atoms with Crippen molar-refractivity contribution in [2.45, 2.75) is 58.6 Å². The summed E-state index contributed by atoms with van der Waals surface area (Å²) >= 11 is 0. The zero-order valence-corrected chi connectivity index (χ0v) is 13.6. The predicted molar refractivity (Wildman–Crippen MR) is 86.8 cm³/mol. The molecule has 1 aromatic rings. The lowest BCUT2D eigenvalue weighted by molar-refractivity contribution is 0.0984. The molecule has 0 amide bonds. The quantitative estimate of drug-likeness (QED) is 0.845. The van der Waals surface area contributed by atoms with Gasteiger partial charge >= 0.3 is 0 Å². The number of aliphatic hydroxyl groups excluding tert-OH is 1. The van der Waals surface area contributed by atoms with Crippen LogP contribution in [0.15, 0.2) is 18.2 Å². The molecule has 1 aliphatic rings. The van der Waals surface area contributed by atoms with Gasteiger partial charge < -0.3 is 15.2 Å². The fourth-order valence-electron chi connectivity index (χ4n) is 3.17. The molecule has 1 saturated carbocycles. The van der Waals surface area contributed by atoms with E-state index in [2.05, 4.69) is 32.2 Å². The van der Waals surface area contributed by atoms with E-state index >= 15 is 0 Å². The van der Waals surface area contributed by atoms with E-state index in [1.165, 1.54) is 36.8 Å². The molecule has 1 aliphatic carbocycles. The minimum atomic E-state index is -0.458. The fraction of sp³-hybridized carbons (Fsp3) is 0.667. The first kappa shape index (κ1) is 16.3. The van der Waals surface area contributed by atoms with E-state index in [1.54, 1.807) is 0 Å². The maximum Gasteiger partial charge on any atom is 0.119 e. The highest BCUT2D eigenvalue weighted by atomic mass is 16.5. The lowest BCUT2D eigenvalue weighted by Crippen LogP contribution is -2.42. The van der Waals surface area contributed by atoms with Crippen molar-refractivity contribution in [3.05, 3.63) is 29.3 Å². The summed E-state index contributed by atoms with van der Waals surface area (Å²) in [6.07, 6.45) is 4.72. The van der Waals surface area contributed by atoms with E-state index in [-0.39, 0.29) is 0 Å². The average molecular weight is 291 g/mol. The van der Waals surface area contributed by atoms with Gasteiger partial charge in [-0.1, -0.05) is 25.8 Å². The van der Waals surface area contributed by atoms with Crippen molar-refractivity contribution < 1.29 is 9.84 Å². The largest absolute Gasteiger partial charge is 0.491 e. The number of aliphatic hydroxyl groups is 1. The molecule has 0 radical (unpaired) electrons. The molecule has 0 saturated heterocycles. The molecule has 0 heterocycles. The van der Waals surface area contributed by atoms with Crippen LogP contribution >= 0.6 is 0 Å². The van der Waals surface area contributed by atoms with Gasteiger partial charge in [0, 0.05) is 12.6 Å². The molecule has 118 valence electrons.